The highest BCUT2D eigenvalue weighted by atomic mass is 32.1. The summed E-state index contributed by atoms with van der Waals surface area (Å²) in [4.78, 5) is 35.2. The fraction of sp³-hybridized carbons (Fsp3) is 0.500. The molecule has 2 fully saturated rings. The van der Waals surface area contributed by atoms with Gasteiger partial charge in [-0.15, -0.1) is 0 Å². The van der Waals surface area contributed by atoms with E-state index in [9.17, 15) is 9.59 Å². The molecule has 2 saturated heterocycles. The van der Waals surface area contributed by atoms with Crippen LogP contribution in [0, 0.1) is 5.92 Å². The van der Waals surface area contributed by atoms with E-state index in [-0.39, 0.29) is 23.8 Å². The van der Waals surface area contributed by atoms with Gasteiger partial charge in [0.2, 0.25) is 11.0 Å². The minimum absolute atomic E-state index is 0.0217. The van der Waals surface area contributed by atoms with Gasteiger partial charge in [0.15, 0.2) is 0 Å². The summed E-state index contributed by atoms with van der Waals surface area (Å²) in [6.07, 6.45) is 3.21. The maximum Gasteiger partial charge on any atom is 0.258 e. The number of hydrogen-bond acceptors (Lipinski definition) is 7. The number of fused-ring (bicyclic) bond motifs is 2. The van der Waals surface area contributed by atoms with E-state index >= 15 is 0 Å². The Morgan fingerprint density at radius 3 is 2.77 bits per heavy atom. The molecule has 1 aromatic heterocycles. The summed E-state index contributed by atoms with van der Waals surface area (Å²) in [5, 5.41) is 2.14. The van der Waals surface area contributed by atoms with Gasteiger partial charge in [0.25, 0.3) is 5.91 Å². The lowest BCUT2D eigenvalue weighted by Gasteiger charge is -2.37. The second-order valence-corrected chi connectivity index (χ2v) is 9.15. The standard InChI is InChI=1S/C22H27N5O3S/c1-2-17-20-16(14-19(28)26(17)9-5-8-25-10-12-30-13-11-25)24-27(21(20)29)22-23-15-6-3-4-7-18(15)31-22/h3-4,6-7,14,17,20,24H,2,5,8-13H2,1H3. The zero-order chi connectivity index (χ0) is 21.4. The second kappa shape index (κ2) is 8.57. The van der Waals surface area contributed by atoms with Crippen LogP contribution in [0.3, 0.4) is 0 Å². The van der Waals surface area contributed by atoms with Crippen molar-refractivity contribution in [2.75, 3.05) is 44.4 Å². The van der Waals surface area contributed by atoms with Crippen molar-refractivity contribution in [3.63, 3.8) is 0 Å². The van der Waals surface area contributed by atoms with Gasteiger partial charge in [-0.05, 0) is 25.0 Å². The first-order chi connectivity index (χ1) is 15.2. The zero-order valence-electron chi connectivity index (χ0n) is 17.6. The third-order valence-corrected chi connectivity index (χ3v) is 7.30. The van der Waals surface area contributed by atoms with Crippen molar-refractivity contribution in [1.82, 2.24) is 20.2 Å². The molecule has 0 saturated carbocycles. The van der Waals surface area contributed by atoms with E-state index in [1.165, 1.54) is 16.3 Å². The summed E-state index contributed by atoms with van der Waals surface area (Å²) >= 11 is 1.47. The number of hydrogen-bond donors (Lipinski definition) is 1. The number of para-hydroxylation sites is 1. The van der Waals surface area contributed by atoms with E-state index in [4.69, 9.17) is 4.74 Å². The van der Waals surface area contributed by atoms with Crippen LogP contribution in [0.1, 0.15) is 19.8 Å². The number of rotatable bonds is 6. The number of morpholine rings is 1. The van der Waals surface area contributed by atoms with Crippen molar-refractivity contribution in [3.8, 4) is 0 Å². The largest absolute Gasteiger partial charge is 0.379 e. The van der Waals surface area contributed by atoms with Gasteiger partial charge in [-0.25, -0.2) is 4.98 Å². The molecular formula is C22H27N5O3S. The molecule has 3 aliphatic heterocycles. The molecule has 0 bridgehead atoms. The quantitative estimate of drug-likeness (QED) is 0.739. The molecule has 1 aromatic carbocycles. The first kappa shape index (κ1) is 20.4. The number of thiazole rings is 1. The molecule has 5 rings (SSSR count). The van der Waals surface area contributed by atoms with Crippen LogP contribution in [0.25, 0.3) is 10.2 Å². The predicted octanol–water partition coefficient (Wildman–Crippen LogP) is 1.99. The van der Waals surface area contributed by atoms with Crippen molar-refractivity contribution in [3.05, 3.63) is 36.0 Å². The monoisotopic (exact) mass is 441 g/mol. The maximum atomic E-state index is 13.4. The van der Waals surface area contributed by atoms with Crippen molar-refractivity contribution in [2.24, 2.45) is 5.92 Å². The van der Waals surface area contributed by atoms with Gasteiger partial charge in [0.05, 0.1) is 29.1 Å². The van der Waals surface area contributed by atoms with E-state index < -0.39 is 0 Å². The molecule has 31 heavy (non-hydrogen) atoms. The summed E-state index contributed by atoms with van der Waals surface area (Å²) in [6.45, 7) is 7.07. The fourth-order valence-corrected chi connectivity index (χ4v) is 5.63. The molecule has 2 aromatic rings. The van der Waals surface area contributed by atoms with E-state index in [0.717, 1.165) is 55.9 Å². The van der Waals surface area contributed by atoms with Crippen molar-refractivity contribution in [2.45, 2.75) is 25.8 Å². The molecule has 0 spiro atoms. The number of anilines is 1. The van der Waals surface area contributed by atoms with Gasteiger partial charge in [-0.2, -0.15) is 5.01 Å². The Morgan fingerprint density at radius 1 is 1.19 bits per heavy atom. The lowest BCUT2D eigenvalue weighted by molar-refractivity contribution is -0.132. The minimum atomic E-state index is -0.363. The number of benzene rings is 1. The van der Waals surface area contributed by atoms with Gasteiger partial charge in [0.1, 0.15) is 5.92 Å². The third-order valence-electron chi connectivity index (χ3n) is 6.28. The molecule has 0 radical (unpaired) electrons. The Balaban J connectivity index is 1.31. The van der Waals surface area contributed by atoms with Crippen molar-refractivity contribution in [1.29, 1.82) is 0 Å². The zero-order valence-corrected chi connectivity index (χ0v) is 18.4. The van der Waals surface area contributed by atoms with Gasteiger partial charge >= 0.3 is 0 Å². The Bertz CT molecular complexity index is 982. The number of nitrogens with one attached hydrogen (secondary N) is 1. The van der Waals surface area contributed by atoms with E-state index in [2.05, 4.69) is 15.3 Å². The molecule has 3 aliphatic rings. The van der Waals surface area contributed by atoms with Crippen molar-refractivity contribution < 1.29 is 14.3 Å². The van der Waals surface area contributed by atoms with Gasteiger partial charge in [-0.3, -0.25) is 19.9 Å². The molecule has 2 unspecified atom stereocenters. The number of hydrazine groups is 1. The van der Waals surface area contributed by atoms with Crippen LogP contribution in [0.5, 0.6) is 0 Å². The Labute approximate surface area is 185 Å². The molecular weight excluding hydrogens is 414 g/mol. The summed E-state index contributed by atoms with van der Waals surface area (Å²) in [5.74, 6) is -0.424. The van der Waals surface area contributed by atoms with Crippen LogP contribution in [0.15, 0.2) is 36.0 Å². The van der Waals surface area contributed by atoms with Crippen LogP contribution in [0.4, 0.5) is 5.13 Å². The minimum Gasteiger partial charge on any atom is -0.379 e. The number of amides is 2. The average Bonchev–Trinajstić information content (AvgIpc) is 3.35. The fourth-order valence-electron chi connectivity index (χ4n) is 4.70. The highest BCUT2D eigenvalue weighted by molar-refractivity contribution is 7.22. The molecule has 1 N–H and O–H groups in total. The molecule has 2 amide bonds. The number of carbonyl (C=O) groups excluding carboxylic acids is 2. The lowest BCUT2D eigenvalue weighted by atomic mass is 9.89. The highest BCUT2D eigenvalue weighted by Crippen LogP contribution is 2.37. The normalized spacial score (nSPS) is 24.5. The topological polar surface area (TPSA) is 78.0 Å². The van der Waals surface area contributed by atoms with Crippen molar-refractivity contribution >= 4 is 38.5 Å². The summed E-state index contributed by atoms with van der Waals surface area (Å²) < 4.78 is 6.44. The van der Waals surface area contributed by atoms with Crippen LogP contribution >= 0.6 is 11.3 Å². The highest BCUT2D eigenvalue weighted by Gasteiger charge is 2.48. The number of nitrogens with zero attached hydrogens (tertiary/aromatic N) is 4. The average molecular weight is 442 g/mol. The van der Waals surface area contributed by atoms with Crippen LogP contribution < -0.4 is 10.4 Å². The molecule has 164 valence electrons. The smallest absolute Gasteiger partial charge is 0.258 e. The second-order valence-electron chi connectivity index (χ2n) is 8.14. The first-order valence-electron chi connectivity index (χ1n) is 10.9. The van der Waals surface area contributed by atoms with Gasteiger partial charge < -0.3 is 9.64 Å². The summed E-state index contributed by atoms with van der Waals surface area (Å²) in [6, 6.07) is 7.70. The van der Waals surface area contributed by atoms with Crippen LogP contribution in [-0.2, 0) is 14.3 Å². The molecule has 8 nitrogen and oxygen atoms in total. The van der Waals surface area contributed by atoms with Gasteiger partial charge in [0, 0.05) is 38.3 Å². The van der Waals surface area contributed by atoms with E-state index in [1.54, 1.807) is 6.08 Å². The molecule has 9 heteroatoms. The summed E-state index contributed by atoms with van der Waals surface area (Å²) in [5.41, 5.74) is 4.72. The molecule has 2 atom stereocenters. The van der Waals surface area contributed by atoms with Crippen LogP contribution in [-0.4, -0.2) is 72.0 Å². The SMILES string of the molecule is CCC1C2C(=O)N(c3nc4ccccc4s3)NC2=CC(=O)N1CCCN1CCOCC1. The number of carbonyl (C=O) groups is 2. The maximum absolute atomic E-state index is 13.4. The first-order valence-corrected chi connectivity index (χ1v) is 11.8. The van der Waals surface area contributed by atoms with Gasteiger partial charge in [-0.1, -0.05) is 30.4 Å². The van der Waals surface area contributed by atoms with E-state index in [1.807, 2.05) is 36.1 Å². The molecule has 4 heterocycles. The summed E-state index contributed by atoms with van der Waals surface area (Å²) in [7, 11) is 0. The Morgan fingerprint density at radius 2 is 2.00 bits per heavy atom. The van der Waals surface area contributed by atoms with Crippen LogP contribution in [0.2, 0.25) is 0 Å². The predicted molar refractivity (Wildman–Crippen MR) is 119 cm³/mol. The number of aromatic nitrogens is 1. The molecule has 0 aliphatic carbocycles. The van der Waals surface area contributed by atoms with E-state index in [0.29, 0.717) is 17.4 Å². The number of ether oxygens (including phenoxy) is 1. The Kier molecular flexibility index (Phi) is 5.64. The lowest BCUT2D eigenvalue weighted by Crippen LogP contribution is -2.50. The third kappa shape index (κ3) is 3.81. The Hall–Kier alpha value is -2.49.